The molecule has 5 heteroatoms. The third-order valence-corrected chi connectivity index (χ3v) is 3.20. The molecule has 0 spiro atoms. The van der Waals surface area contributed by atoms with Crippen LogP contribution in [-0.4, -0.2) is 19.9 Å². The number of para-hydroxylation sites is 1. The van der Waals surface area contributed by atoms with Crippen molar-refractivity contribution < 1.29 is 9.84 Å². The minimum atomic E-state index is -0.502. The van der Waals surface area contributed by atoms with Gasteiger partial charge in [-0.25, -0.2) is 0 Å². The van der Waals surface area contributed by atoms with Crippen molar-refractivity contribution in [1.29, 1.82) is 0 Å². The summed E-state index contributed by atoms with van der Waals surface area (Å²) in [4.78, 5) is 0. The van der Waals surface area contributed by atoms with E-state index in [0.29, 0.717) is 18.8 Å². The molecule has 1 N–H and O–H groups in total. The number of aliphatic hydroxyl groups is 1. The fourth-order valence-electron chi connectivity index (χ4n) is 1.83. The molecule has 19 heavy (non-hydrogen) atoms. The van der Waals surface area contributed by atoms with Crippen LogP contribution in [0, 0.1) is 6.92 Å². The first-order valence-corrected chi connectivity index (χ1v) is 6.38. The number of ether oxygens (including phenoxy) is 1. The topological polar surface area (TPSA) is 60.2 Å². The molecule has 2 rings (SSSR count). The van der Waals surface area contributed by atoms with Gasteiger partial charge in [0.2, 0.25) is 0 Å². The molecule has 0 saturated carbocycles. The summed E-state index contributed by atoms with van der Waals surface area (Å²) in [6.45, 7) is 4.17. The maximum Gasteiger partial charge on any atom is 0.170 e. The molecule has 1 atom stereocenters. The summed E-state index contributed by atoms with van der Waals surface area (Å²) in [5.74, 6) is 2.30. The van der Waals surface area contributed by atoms with Gasteiger partial charge in [-0.15, -0.1) is 10.2 Å². The van der Waals surface area contributed by atoms with Crippen molar-refractivity contribution >= 4 is 0 Å². The highest BCUT2D eigenvalue weighted by Gasteiger charge is 2.12. The number of aliphatic hydroxyl groups excluding tert-OH is 1. The van der Waals surface area contributed by atoms with Crippen LogP contribution in [0.3, 0.4) is 0 Å². The van der Waals surface area contributed by atoms with E-state index < -0.39 is 6.10 Å². The van der Waals surface area contributed by atoms with E-state index in [1.54, 1.807) is 0 Å². The molecule has 0 aliphatic carbocycles. The second-order valence-electron chi connectivity index (χ2n) is 4.47. The Morgan fingerprint density at radius 3 is 2.68 bits per heavy atom. The monoisotopic (exact) mass is 261 g/mol. The quantitative estimate of drug-likeness (QED) is 0.896. The van der Waals surface area contributed by atoms with Crippen LogP contribution in [0.15, 0.2) is 24.3 Å². The highest BCUT2D eigenvalue weighted by atomic mass is 16.5. The van der Waals surface area contributed by atoms with E-state index in [9.17, 15) is 5.11 Å². The summed E-state index contributed by atoms with van der Waals surface area (Å²) in [7, 11) is 1.90. The van der Waals surface area contributed by atoms with Gasteiger partial charge in [0, 0.05) is 12.6 Å². The second-order valence-corrected chi connectivity index (χ2v) is 4.47. The van der Waals surface area contributed by atoms with Crippen LogP contribution in [-0.2, 0) is 13.7 Å². The third kappa shape index (κ3) is 2.93. The standard InChI is InChI=1S/C14H19N3O2/c1-4-12(18)11-7-5-6-8-13(11)19-9-14-16-15-10(2)17(14)3/h5-8,12,18H,4,9H2,1-3H3/t12-/m0/s1. The van der Waals surface area contributed by atoms with Gasteiger partial charge in [-0.2, -0.15) is 0 Å². The zero-order chi connectivity index (χ0) is 13.8. The van der Waals surface area contributed by atoms with E-state index in [4.69, 9.17) is 4.74 Å². The van der Waals surface area contributed by atoms with Crippen molar-refractivity contribution in [2.75, 3.05) is 0 Å². The minimum Gasteiger partial charge on any atom is -0.485 e. The van der Waals surface area contributed by atoms with Gasteiger partial charge in [-0.3, -0.25) is 0 Å². The van der Waals surface area contributed by atoms with Gasteiger partial charge in [-0.05, 0) is 19.4 Å². The van der Waals surface area contributed by atoms with Crippen molar-refractivity contribution in [3.05, 3.63) is 41.5 Å². The summed E-state index contributed by atoms with van der Waals surface area (Å²) in [5.41, 5.74) is 0.809. The number of nitrogens with zero attached hydrogens (tertiary/aromatic N) is 3. The summed E-state index contributed by atoms with van der Waals surface area (Å²) in [6, 6.07) is 7.53. The molecule has 0 aliphatic heterocycles. The van der Waals surface area contributed by atoms with E-state index >= 15 is 0 Å². The van der Waals surface area contributed by atoms with E-state index in [-0.39, 0.29) is 0 Å². The molecule has 1 aromatic heterocycles. The summed E-state index contributed by atoms with van der Waals surface area (Å²) >= 11 is 0. The Bertz CT molecular complexity index is 551. The highest BCUT2D eigenvalue weighted by Crippen LogP contribution is 2.27. The zero-order valence-corrected chi connectivity index (χ0v) is 11.5. The lowest BCUT2D eigenvalue weighted by Crippen LogP contribution is -2.06. The molecule has 0 amide bonds. The fraction of sp³-hybridized carbons (Fsp3) is 0.429. The molecule has 1 heterocycles. The van der Waals surface area contributed by atoms with Crippen LogP contribution in [0.5, 0.6) is 5.75 Å². The Kier molecular flexibility index (Phi) is 4.16. The van der Waals surface area contributed by atoms with Crippen molar-refractivity contribution in [2.24, 2.45) is 7.05 Å². The van der Waals surface area contributed by atoms with Gasteiger partial charge in [0.1, 0.15) is 18.2 Å². The minimum absolute atomic E-state index is 0.338. The normalized spacial score (nSPS) is 12.4. The van der Waals surface area contributed by atoms with E-state index in [0.717, 1.165) is 17.2 Å². The van der Waals surface area contributed by atoms with Gasteiger partial charge in [0.15, 0.2) is 5.82 Å². The lowest BCUT2D eigenvalue weighted by atomic mass is 10.1. The Morgan fingerprint density at radius 1 is 1.32 bits per heavy atom. The van der Waals surface area contributed by atoms with Crippen LogP contribution < -0.4 is 4.74 Å². The Morgan fingerprint density at radius 2 is 2.05 bits per heavy atom. The van der Waals surface area contributed by atoms with E-state index in [1.807, 2.05) is 49.7 Å². The first-order chi connectivity index (χ1) is 9.13. The van der Waals surface area contributed by atoms with Crippen LogP contribution in [0.25, 0.3) is 0 Å². The van der Waals surface area contributed by atoms with Gasteiger partial charge in [0.25, 0.3) is 0 Å². The maximum atomic E-state index is 9.95. The van der Waals surface area contributed by atoms with Crippen molar-refractivity contribution in [3.8, 4) is 5.75 Å². The van der Waals surface area contributed by atoms with Gasteiger partial charge < -0.3 is 14.4 Å². The molecule has 0 saturated heterocycles. The number of benzene rings is 1. The summed E-state index contributed by atoms with van der Waals surface area (Å²) in [6.07, 6.45) is 0.154. The highest BCUT2D eigenvalue weighted by molar-refractivity contribution is 5.35. The SMILES string of the molecule is CC[C@H](O)c1ccccc1OCc1nnc(C)n1C. The van der Waals surface area contributed by atoms with Crippen molar-refractivity contribution in [1.82, 2.24) is 14.8 Å². The van der Waals surface area contributed by atoms with E-state index in [1.165, 1.54) is 0 Å². The molecule has 0 aliphatic rings. The molecule has 0 fully saturated rings. The molecule has 0 unspecified atom stereocenters. The fourth-order valence-corrected chi connectivity index (χ4v) is 1.83. The Hall–Kier alpha value is -1.88. The predicted molar refractivity (Wildman–Crippen MR) is 71.8 cm³/mol. The zero-order valence-electron chi connectivity index (χ0n) is 11.5. The van der Waals surface area contributed by atoms with E-state index in [2.05, 4.69) is 10.2 Å². The van der Waals surface area contributed by atoms with Crippen LogP contribution in [0.1, 0.15) is 36.7 Å². The van der Waals surface area contributed by atoms with Crippen molar-refractivity contribution in [2.45, 2.75) is 33.0 Å². The van der Waals surface area contributed by atoms with Crippen molar-refractivity contribution in [3.63, 3.8) is 0 Å². The predicted octanol–water partition coefficient (Wildman–Crippen LogP) is 2.15. The average molecular weight is 261 g/mol. The number of hydrogen-bond acceptors (Lipinski definition) is 4. The number of hydrogen-bond donors (Lipinski definition) is 1. The number of aryl methyl sites for hydroxylation is 1. The summed E-state index contributed by atoms with van der Waals surface area (Å²) in [5, 5.41) is 18.0. The molecule has 5 nitrogen and oxygen atoms in total. The van der Waals surface area contributed by atoms with Gasteiger partial charge in [0.05, 0.1) is 6.10 Å². The van der Waals surface area contributed by atoms with Crippen LogP contribution in [0.4, 0.5) is 0 Å². The maximum absolute atomic E-state index is 9.95. The Labute approximate surface area is 112 Å². The van der Waals surface area contributed by atoms with Crippen LogP contribution >= 0.6 is 0 Å². The third-order valence-electron chi connectivity index (χ3n) is 3.20. The lowest BCUT2D eigenvalue weighted by Gasteiger charge is -2.14. The number of rotatable bonds is 5. The molecule has 102 valence electrons. The molecule has 2 aromatic rings. The summed E-state index contributed by atoms with van der Waals surface area (Å²) < 4.78 is 7.64. The average Bonchev–Trinajstić information content (AvgIpc) is 2.76. The smallest absolute Gasteiger partial charge is 0.170 e. The van der Waals surface area contributed by atoms with Gasteiger partial charge >= 0.3 is 0 Å². The first kappa shape index (κ1) is 13.5. The number of aromatic nitrogens is 3. The molecular formula is C14H19N3O2. The first-order valence-electron chi connectivity index (χ1n) is 6.38. The second kappa shape index (κ2) is 5.84. The molecule has 0 radical (unpaired) electrons. The van der Waals surface area contributed by atoms with Gasteiger partial charge in [-0.1, -0.05) is 25.1 Å². The lowest BCUT2D eigenvalue weighted by molar-refractivity contribution is 0.165. The van der Waals surface area contributed by atoms with Crippen LogP contribution in [0.2, 0.25) is 0 Å². The molecule has 1 aromatic carbocycles. The molecule has 0 bridgehead atoms. The molecular weight excluding hydrogens is 242 g/mol. The largest absolute Gasteiger partial charge is 0.485 e. The Balaban J connectivity index is 2.13.